The minimum Gasteiger partial charge on any atom is -0.497 e. The fourth-order valence-electron chi connectivity index (χ4n) is 1.96. The number of hydrogen-bond acceptors (Lipinski definition) is 4. The number of amides is 1. The number of ether oxygens (including phenoxy) is 1. The summed E-state index contributed by atoms with van der Waals surface area (Å²) in [6, 6.07) is 13.0. The van der Waals surface area contributed by atoms with E-state index in [1.165, 1.54) is 12.1 Å². The summed E-state index contributed by atoms with van der Waals surface area (Å²) in [4.78, 5) is 22.4. The number of carbonyl (C=O) groups excluding carboxylic acids is 1. The number of benzene rings is 2. The fraction of sp³-hybridized carbons (Fsp3) is 0.188. The summed E-state index contributed by atoms with van der Waals surface area (Å²) in [5, 5.41) is 13.4. The number of anilines is 1. The molecule has 0 aromatic heterocycles. The average molecular weight is 300 g/mol. The lowest BCUT2D eigenvalue weighted by Gasteiger charge is -2.12. The van der Waals surface area contributed by atoms with Crippen molar-refractivity contribution in [1.29, 1.82) is 0 Å². The Morgan fingerprint density at radius 3 is 2.23 bits per heavy atom. The number of nitrogens with one attached hydrogen (secondary N) is 1. The predicted octanol–water partition coefficient (Wildman–Crippen LogP) is 3.35. The fourth-order valence-corrected chi connectivity index (χ4v) is 1.96. The van der Waals surface area contributed by atoms with Crippen LogP contribution in [0, 0.1) is 10.1 Å². The molecule has 0 saturated carbocycles. The van der Waals surface area contributed by atoms with Gasteiger partial charge in [0.05, 0.1) is 18.0 Å². The van der Waals surface area contributed by atoms with Crippen LogP contribution in [0.25, 0.3) is 0 Å². The van der Waals surface area contributed by atoms with E-state index >= 15 is 0 Å². The summed E-state index contributed by atoms with van der Waals surface area (Å²) in [5.41, 5.74) is 1.39. The van der Waals surface area contributed by atoms with Crippen molar-refractivity contribution in [3.8, 4) is 5.75 Å². The molecule has 1 atom stereocenters. The first-order valence-electron chi connectivity index (χ1n) is 6.70. The van der Waals surface area contributed by atoms with E-state index in [0.717, 1.165) is 5.56 Å². The third-order valence-corrected chi connectivity index (χ3v) is 3.35. The van der Waals surface area contributed by atoms with Gasteiger partial charge in [-0.25, -0.2) is 0 Å². The van der Waals surface area contributed by atoms with E-state index in [4.69, 9.17) is 4.74 Å². The second kappa shape index (κ2) is 6.71. The molecule has 0 heterocycles. The van der Waals surface area contributed by atoms with Crippen molar-refractivity contribution in [3.63, 3.8) is 0 Å². The number of nitro groups is 1. The second-order valence-corrected chi connectivity index (χ2v) is 4.79. The first kappa shape index (κ1) is 15.5. The summed E-state index contributed by atoms with van der Waals surface area (Å²) in [6.07, 6.45) is 0. The third-order valence-electron chi connectivity index (χ3n) is 3.35. The van der Waals surface area contributed by atoms with E-state index in [9.17, 15) is 14.9 Å². The highest BCUT2D eigenvalue weighted by Crippen LogP contribution is 2.22. The van der Waals surface area contributed by atoms with Crippen LogP contribution < -0.4 is 10.1 Å². The zero-order valence-corrected chi connectivity index (χ0v) is 12.3. The molecule has 0 aliphatic carbocycles. The van der Waals surface area contributed by atoms with Crippen LogP contribution in [-0.4, -0.2) is 17.9 Å². The third kappa shape index (κ3) is 3.60. The van der Waals surface area contributed by atoms with Gasteiger partial charge in [-0.3, -0.25) is 14.9 Å². The normalized spacial score (nSPS) is 11.5. The smallest absolute Gasteiger partial charge is 0.269 e. The van der Waals surface area contributed by atoms with Crippen LogP contribution in [0.15, 0.2) is 48.5 Å². The van der Waals surface area contributed by atoms with Crippen LogP contribution in [0.1, 0.15) is 18.4 Å². The van der Waals surface area contributed by atoms with E-state index in [1.54, 1.807) is 50.4 Å². The first-order chi connectivity index (χ1) is 10.5. The average Bonchev–Trinajstić information content (AvgIpc) is 2.55. The van der Waals surface area contributed by atoms with Crippen LogP contribution in [0.3, 0.4) is 0 Å². The maximum absolute atomic E-state index is 12.2. The lowest BCUT2D eigenvalue weighted by atomic mass is 10.00. The van der Waals surface area contributed by atoms with Crippen molar-refractivity contribution < 1.29 is 14.5 Å². The molecule has 1 amide bonds. The summed E-state index contributed by atoms with van der Waals surface area (Å²) < 4.78 is 5.05. The monoisotopic (exact) mass is 300 g/mol. The number of methoxy groups -OCH3 is 1. The SMILES string of the molecule is COc1ccc(NC(=O)[C@H](C)c2ccc([N+](=O)[O-])cc2)cc1. The molecule has 0 saturated heterocycles. The quantitative estimate of drug-likeness (QED) is 0.678. The molecule has 2 rings (SSSR count). The van der Waals surface area contributed by atoms with Crippen LogP contribution in [0.4, 0.5) is 11.4 Å². The highest BCUT2D eigenvalue weighted by atomic mass is 16.6. The Morgan fingerprint density at radius 2 is 1.73 bits per heavy atom. The van der Waals surface area contributed by atoms with Crippen LogP contribution in [-0.2, 0) is 4.79 Å². The minimum atomic E-state index is -0.466. The van der Waals surface area contributed by atoms with Gasteiger partial charge in [0.25, 0.3) is 5.69 Å². The number of rotatable bonds is 5. The Morgan fingerprint density at radius 1 is 1.14 bits per heavy atom. The summed E-state index contributed by atoms with van der Waals surface area (Å²) in [5.74, 6) is 0.114. The molecule has 22 heavy (non-hydrogen) atoms. The molecule has 6 heteroatoms. The van der Waals surface area contributed by atoms with E-state index in [1.807, 2.05) is 0 Å². The minimum absolute atomic E-state index is 0.00603. The molecule has 1 N–H and O–H groups in total. The molecule has 0 radical (unpaired) electrons. The van der Waals surface area contributed by atoms with Gasteiger partial charge >= 0.3 is 0 Å². The molecule has 2 aromatic rings. The predicted molar refractivity (Wildman–Crippen MR) is 83.1 cm³/mol. The second-order valence-electron chi connectivity index (χ2n) is 4.79. The van der Waals surface area contributed by atoms with Crippen LogP contribution in [0.5, 0.6) is 5.75 Å². The molecule has 0 spiro atoms. The lowest BCUT2D eigenvalue weighted by Crippen LogP contribution is -2.18. The molecular formula is C16H16N2O4. The molecule has 2 aromatic carbocycles. The molecule has 0 aliphatic rings. The zero-order valence-electron chi connectivity index (χ0n) is 12.3. The largest absolute Gasteiger partial charge is 0.497 e. The molecule has 114 valence electrons. The van der Waals surface area contributed by atoms with Crippen molar-refractivity contribution >= 4 is 17.3 Å². The van der Waals surface area contributed by atoms with Gasteiger partial charge in [0, 0.05) is 17.8 Å². The number of nitro benzene ring substituents is 1. The van der Waals surface area contributed by atoms with Gasteiger partial charge in [-0.1, -0.05) is 12.1 Å². The van der Waals surface area contributed by atoms with Gasteiger partial charge in [-0.05, 0) is 36.8 Å². The number of hydrogen-bond donors (Lipinski definition) is 1. The molecule has 0 bridgehead atoms. The van der Waals surface area contributed by atoms with Crippen molar-refractivity contribution in [2.24, 2.45) is 0 Å². The van der Waals surface area contributed by atoms with Crippen LogP contribution in [0.2, 0.25) is 0 Å². The number of non-ortho nitro benzene ring substituents is 1. The molecule has 6 nitrogen and oxygen atoms in total. The van der Waals surface area contributed by atoms with Gasteiger partial charge in [-0.15, -0.1) is 0 Å². The summed E-state index contributed by atoms with van der Waals surface area (Å²) in [7, 11) is 1.57. The highest BCUT2D eigenvalue weighted by molar-refractivity contribution is 5.95. The van der Waals surface area contributed by atoms with Gasteiger partial charge in [0.1, 0.15) is 5.75 Å². The van der Waals surface area contributed by atoms with Crippen molar-refractivity contribution in [2.45, 2.75) is 12.8 Å². The van der Waals surface area contributed by atoms with Crippen molar-refractivity contribution in [2.75, 3.05) is 12.4 Å². The van der Waals surface area contributed by atoms with Gasteiger partial charge < -0.3 is 10.1 Å². The molecule has 0 aliphatic heterocycles. The molecule has 0 fully saturated rings. The lowest BCUT2D eigenvalue weighted by molar-refractivity contribution is -0.384. The Labute approximate surface area is 127 Å². The maximum Gasteiger partial charge on any atom is 0.269 e. The first-order valence-corrected chi connectivity index (χ1v) is 6.70. The van der Waals surface area contributed by atoms with Crippen molar-refractivity contribution in [1.82, 2.24) is 0 Å². The standard InChI is InChI=1S/C16H16N2O4/c1-11(12-3-7-14(8-4-12)18(20)21)16(19)17-13-5-9-15(22-2)10-6-13/h3-11H,1-2H3,(H,17,19)/t11-/m1/s1. The summed E-state index contributed by atoms with van der Waals surface area (Å²) >= 11 is 0. The molecular weight excluding hydrogens is 284 g/mol. The maximum atomic E-state index is 12.2. The van der Waals surface area contributed by atoms with Crippen LogP contribution >= 0.6 is 0 Å². The topological polar surface area (TPSA) is 81.5 Å². The van der Waals surface area contributed by atoms with E-state index < -0.39 is 10.8 Å². The van der Waals surface area contributed by atoms with Gasteiger partial charge in [0.2, 0.25) is 5.91 Å². The van der Waals surface area contributed by atoms with Gasteiger partial charge in [-0.2, -0.15) is 0 Å². The van der Waals surface area contributed by atoms with E-state index in [0.29, 0.717) is 11.4 Å². The van der Waals surface area contributed by atoms with E-state index in [2.05, 4.69) is 5.32 Å². The zero-order chi connectivity index (χ0) is 16.1. The number of nitrogens with zero attached hydrogens (tertiary/aromatic N) is 1. The van der Waals surface area contributed by atoms with E-state index in [-0.39, 0.29) is 11.6 Å². The Kier molecular flexibility index (Phi) is 4.73. The van der Waals surface area contributed by atoms with Crippen molar-refractivity contribution in [3.05, 3.63) is 64.2 Å². The Hall–Kier alpha value is -2.89. The van der Waals surface area contributed by atoms with Gasteiger partial charge in [0.15, 0.2) is 0 Å². The molecule has 0 unspecified atom stereocenters. The Balaban J connectivity index is 2.06. The highest BCUT2D eigenvalue weighted by Gasteiger charge is 2.16. The number of carbonyl (C=O) groups is 1. The Bertz CT molecular complexity index is 666. The summed E-state index contributed by atoms with van der Waals surface area (Å²) in [6.45, 7) is 1.75.